The third kappa shape index (κ3) is 2.19. The van der Waals surface area contributed by atoms with Crippen molar-refractivity contribution in [1.82, 2.24) is 0 Å². The Morgan fingerprint density at radius 1 is 1.62 bits per heavy atom. The molecule has 0 aromatic heterocycles. The second-order valence-corrected chi connectivity index (χ2v) is 4.04. The van der Waals surface area contributed by atoms with Crippen LogP contribution in [0.25, 0.3) is 0 Å². The van der Waals surface area contributed by atoms with Gasteiger partial charge in [-0.1, -0.05) is 0 Å². The number of alkyl halides is 1. The average molecular weight is 247 g/mol. The van der Waals surface area contributed by atoms with E-state index in [0.29, 0.717) is 17.8 Å². The number of rotatable bonds is 3. The molecule has 0 saturated heterocycles. The number of carbonyl (C=O) groups excluding carboxylic acids is 1. The Labute approximate surface area is 85.5 Å². The van der Waals surface area contributed by atoms with E-state index in [1.54, 1.807) is 26.4 Å². The van der Waals surface area contributed by atoms with E-state index in [1.807, 2.05) is 0 Å². The summed E-state index contributed by atoms with van der Waals surface area (Å²) in [7, 11) is 3.14. The molecule has 4 heteroatoms. The fourth-order valence-electron chi connectivity index (χ4n) is 1.12. The topological polar surface area (TPSA) is 35.5 Å². The first-order valence-electron chi connectivity index (χ1n) is 3.81. The van der Waals surface area contributed by atoms with Gasteiger partial charge in [0.2, 0.25) is 0 Å². The van der Waals surface area contributed by atoms with E-state index >= 15 is 0 Å². The monoisotopic (exact) mass is 246 g/mol. The van der Waals surface area contributed by atoms with Crippen LogP contribution in [0.5, 0.6) is 0 Å². The number of hydrogen-bond donors (Lipinski definition) is 0. The highest BCUT2D eigenvalue weighted by Gasteiger charge is 2.29. The number of methoxy groups -OCH3 is 2. The Balaban J connectivity index is 2.92. The molecule has 1 rings (SSSR count). The van der Waals surface area contributed by atoms with Gasteiger partial charge < -0.3 is 9.47 Å². The summed E-state index contributed by atoms with van der Waals surface area (Å²) in [5.74, 6) is 0.635. The van der Waals surface area contributed by atoms with Gasteiger partial charge >= 0.3 is 0 Å². The minimum Gasteiger partial charge on any atom is -0.500 e. The van der Waals surface area contributed by atoms with Gasteiger partial charge in [0.1, 0.15) is 10.3 Å². The van der Waals surface area contributed by atoms with E-state index in [-0.39, 0.29) is 0 Å². The molecule has 3 nitrogen and oxygen atoms in total. The first-order valence-corrected chi connectivity index (χ1v) is 4.60. The van der Waals surface area contributed by atoms with E-state index in [1.165, 1.54) is 0 Å². The first-order chi connectivity index (χ1) is 6.15. The van der Waals surface area contributed by atoms with Crippen molar-refractivity contribution in [2.45, 2.75) is 10.9 Å². The summed E-state index contributed by atoms with van der Waals surface area (Å²) >= 11 is 3.39. The molecule has 1 atom stereocenters. The van der Waals surface area contributed by atoms with Crippen LogP contribution in [0.15, 0.2) is 23.5 Å². The molecule has 0 spiro atoms. The van der Waals surface area contributed by atoms with Crippen LogP contribution in [0.2, 0.25) is 0 Å². The van der Waals surface area contributed by atoms with Crippen LogP contribution in [0.1, 0.15) is 6.42 Å². The molecule has 0 amide bonds. The summed E-state index contributed by atoms with van der Waals surface area (Å²) in [5.41, 5.74) is 0.564. The predicted molar refractivity (Wildman–Crippen MR) is 52.5 cm³/mol. The van der Waals surface area contributed by atoms with Gasteiger partial charge in [0.05, 0.1) is 12.7 Å². The first kappa shape index (κ1) is 10.5. The molecule has 0 N–H and O–H groups in total. The van der Waals surface area contributed by atoms with E-state index in [4.69, 9.17) is 9.47 Å². The van der Waals surface area contributed by atoms with Gasteiger partial charge in [-0.05, 0) is 28.1 Å². The summed E-state index contributed by atoms with van der Waals surface area (Å²) in [6.07, 6.45) is 4.77. The van der Waals surface area contributed by atoms with Crippen molar-refractivity contribution < 1.29 is 14.3 Å². The number of hydrogen-bond acceptors (Lipinski definition) is 3. The molecule has 0 aromatic rings. The van der Waals surface area contributed by atoms with Gasteiger partial charge in [-0.3, -0.25) is 4.79 Å². The molecule has 0 bridgehead atoms. The molecule has 0 aliphatic heterocycles. The Kier molecular flexibility index (Phi) is 3.27. The number of carbonyl (C=O) groups is 1. The normalized spacial score (nSPS) is 27.6. The lowest BCUT2D eigenvalue weighted by Crippen LogP contribution is -2.24. The highest BCUT2D eigenvalue weighted by Crippen LogP contribution is 2.34. The molecule has 1 aliphatic carbocycles. The summed E-state index contributed by atoms with van der Waals surface area (Å²) in [5, 5.41) is 0. The van der Waals surface area contributed by atoms with Crippen LogP contribution >= 0.6 is 15.9 Å². The lowest BCUT2D eigenvalue weighted by atomic mass is 10.0. The fraction of sp³-hybridized carbons (Fsp3) is 0.444. The zero-order chi connectivity index (χ0) is 9.90. The maximum atomic E-state index is 10.6. The molecule has 13 heavy (non-hydrogen) atoms. The second-order valence-electron chi connectivity index (χ2n) is 2.70. The molecule has 0 fully saturated rings. The Bertz CT molecular complexity index is 270. The molecule has 0 saturated carbocycles. The highest BCUT2D eigenvalue weighted by atomic mass is 79.9. The molecular weight excluding hydrogens is 236 g/mol. The Morgan fingerprint density at radius 3 is 2.77 bits per heavy atom. The maximum absolute atomic E-state index is 10.6. The summed E-state index contributed by atoms with van der Waals surface area (Å²) in [4.78, 5) is 10.6. The number of allylic oxidation sites excluding steroid dienone is 2. The third-order valence-corrected chi connectivity index (χ3v) is 2.82. The van der Waals surface area contributed by atoms with Gasteiger partial charge in [-0.25, -0.2) is 0 Å². The Morgan fingerprint density at radius 2 is 2.31 bits per heavy atom. The van der Waals surface area contributed by atoms with Crippen molar-refractivity contribution in [2.24, 2.45) is 0 Å². The average Bonchev–Trinajstić information content (AvgIpc) is 2.18. The minimum absolute atomic E-state index is 0.518. The summed E-state index contributed by atoms with van der Waals surface area (Å²) < 4.78 is 9.75. The maximum Gasteiger partial charge on any atom is 0.153 e. The van der Waals surface area contributed by atoms with Crippen molar-refractivity contribution >= 4 is 22.2 Å². The van der Waals surface area contributed by atoms with Crippen LogP contribution in [-0.4, -0.2) is 25.0 Å². The Hall–Kier alpha value is -0.610. The summed E-state index contributed by atoms with van der Waals surface area (Å²) in [6, 6.07) is 0. The smallest absolute Gasteiger partial charge is 0.153 e. The lowest BCUT2D eigenvalue weighted by molar-refractivity contribution is -0.104. The van der Waals surface area contributed by atoms with Gasteiger partial charge in [0.15, 0.2) is 6.29 Å². The van der Waals surface area contributed by atoms with E-state index < -0.39 is 4.51 Å². The number of ether oxygens (including phenoxy) is 2. The largest absolute Gasteiger partial charge is 0.500 e. The van der Waals surface area contributed by atoms with E-state index in [0.717, 1.165) is 6.29 Å². The SMILES string of the molecule is COC1=C(C=O)C=CC(Br)(OC)C1. The molecular formula is C9H11BrO3. The van der Waals surface area contributed by atoms with Crippen LogP contribution in [-0.2, 0) is 14.3 Å². The van der Waals surface area contributed by atoms with Gasteiger partial charge in [0.25, 0.3) is 0 Å². The van der Waals surface area contributed by atoms with E-state index in [2.05, 4.69) is 15.9 Å². The highest BCUT2D eigenvalue weighted by molar-refractivity contribution is 9.10. The van der Waals surface area contributed by atoms with Gasteiger partial charge in [-0.2, -0.15) is 0 Å². The fourth-order valence-corrected chi connectivity index (χ4v) is 1.51. The third-order valence-electron chi connectivity index (χ3n) is 1.95. The predicted octanol–water partition coefficient (Wildman–Crippen LogP) is 1.78. The van der Waals surface area contributed by atoms with Crippen LogP contribution in [0, 0.1) is 0 Å². The van der Waals surface area contributed by atoms with Crippen molar-refractivity contribution in [3.8, 4) is 0 Å². The van der Waals surface area contributed by atoms with Crippen LogP contribution in [0.3, 0.4) is 0 Å². The standard InChI is InChI=1S/C9H11BrO3/c1-12-8-5-9(10,13-2)4-3-7(8)6-11/h3-4,6H,5H2,1-2H3. The van der Waals surface area contributed by atoms with Crippen molar-refractivity contribution in [3.05, 3.63) is 23.5 Å². The lowest BCUT2D eigenvalue weighted by Gasteiger charge is -2.26. The quantitative estimate of drug-likeness (QED) is 0.563. The molecule has 1 unspecified atom stereocenters. The number of aldehydes is 1. The molecule has 0 heterocycles. The molecule has 72 valence electrons. The summed E-state index contributed by atoms with van der Waals surface area (Å²) in [6.45, 7) is 0. The second kappa shape index (κ2) is 4.07. The van der Waals surface area contributed by atoms with E-state index in [9.17, 15) is 4.79 Å². The number of halogens is 1. The minimum atomic E-state index is -0.537. The molecule has 1 aliphatic rings. The van der Waals surface area contributed by atoms with Crippen molar-refractivity contribution in [1.29, 1.82) is 0 Å². The van der Waals surface area contributed by atoms with Crippen molar-refractivity contribution in [3.63, 3.8) is 0 Å². The van der Waals surface area contributed by atoms with Crippen LogP contribution in [0.4, 0.5) is 0 Å². The van der Waals surface area contributed by atoms with Crippen LogP contribution < -0.4 is 0 Å². The zero-order valence-corrected chi connectivity index (χ0v) is 9.13. The zero-order valence-electron chi connectivity index (χ0n) is 7.54. The molecule has 0 aromatic carbocycles. The van der Waals surface area contributed by atoms with Gasteiger partial charge in [0, 0.05) is 13.5 Å². The van der Waals surface area contributed by atoms with Gasteiger partial charge in [-0.15, -0.1) is 0 Å². The molecule has 0 radical (unpaired) electrons. The van der Waals surface area contributed by atoms with Crippen molar-refractivity contribution in [2.75, 3.05) is 14.2 Å².